The van der Waals surface area contributed by atoms with Crippen LogP contribution in [0.4, 0.5) is 5.95 Å². The number of aromatic nitrogens is 2. The highest BCUT2D eigenvalue weighted by atomic mass is 16.5. The molecular weight excluding hydrogens is 216 g/mol. The monoisotopic (exact) mass is 238 g/mol. The van der Waals surface area contributed by atoms with Crippen molar-refractivity contribution in [1.82, 2.24) is 14.9 Å². The summed E-state index contributed by atoms with van der Waals surface area (Å²) >= 11 is 0. The molecule has 0 saturated heterocycles. The SMILES string of the molecule is CC(C)N(CCOc1ccnc(N)n1)C(C)C. The third kappa shape index (κ3) is 4.56. The second-order valence-corrected chi connectivity index (χ2v) is 4.53. The van der Waals surface area contributed by atoms with Gasteiger partial charge in [-0.05, 0) is 27.7 Å². The van der Waals surface area contributed by atoms with Crippen LogP contribution in [0.1, 0.15) is 27.7 Å². The lowest BCUT2D eigenvalue weighted by Gasteiger charge is -2.30. The molecule has 0 saturated carbocycles. The minimum absolute atomic E-state index is 0.243. The van der Waals surface area contributed by atoms with Crippen molar-refractivity contribution in [3.05, 3.63) is 12.3 Å². The summed E-state index contributed by atoms with van der Waals surface area (Å²) in [6.45, 7) is 10.2. The molecule has 0 aliphatic carbocycles. The molecule has 1 heterocycles. The van der Waals surface area contributed by atoms with Crippen molar-refractivity contribution in [2.24, 2.45) is 0 Å². The molecule has 0 amide bonds. The van der Waals surface area contributed by atoms with Crippen LogP contribution < -0.4 is 10.5 Å². The van der Waals surface area contributed by atoms with E-state index in [1.807, 2.05) is 0 Å². The molecule has 1 rings (SSSR count). The van der Waals surface area contributed by atoms with E-state index in [9.17, 15) is 0 Å². The molecule has 0 spiro atoms. The summed E-state index contributed by atoms with van der Waals surface area (Å²) in [5, 5.41) is 0. The highest BCUT2D eigenvalue weighted by Gasteiger charge is 2.12. The smallest absolute Gasteiger partial charge is 0.223 e. The third-order valence-corrected chi connectivity index (χ3v) is 2.57. The fourth-order valence-electron chi connectivity index (χ4n) is 1.81. The fourth-order valence-corrected chi connectivity index (χ4v) is 1.81. The Bertz CT molecular complexity index is 333. The molecule has 0 aliphatic rings. The second-order valence-electron chi connectivity index (χ2n) is 4.53. The van der Waals surface area contributed by atoms with Gasteiger partial charge in [0.2, 0.25) is 11.8 Å². The normalized spacial score (nSPS) is 11.5. The molecule has 1 aromatic rings. The first kappa shape index (κ1) is 13.7. The molecular formula is C12H22N4O. The van der Waals surface area contributed by atoms with Gasteiger partial charge in [-0.1, -0.05) is 0 Å². The summed E-state index contributed by atoms with van der Waals surface area (Å²) in [5.41, 5.74) is 5.47. The second kappa shape index (κ2) is 6.39. The zero-order valence-corrected chi connectivity index (χ0v) is 11.1. The number of nitrogens with two attached hydrogens (primary N) is 1. The summed E-state index contributed by atoms with van der Waals surface area (Å²) in [7, 11) is 0. The summed E-state index contributed by atoms with van der Waals surface area (Å²) < 4.78 is 5.54. The van der Waals surface area contributed by atoms with Crippen molar-refractivity contribution in [1.29, 1.82) is 0 Å². The van der Waals surface area contributed by atoms with Gasteiger partial charge in [-0.2, -0.15) is 4.98 Å². The number of nitrogen functional groups attached to an aromatic ring is 1. The summed E-state index contributed by atoms with van der Waals surface area (Å²) in [5.74, 6) is 0.775. The standard InChI is InChI=1S/C12H22N4O/c1-9(2)16(10(3)4)7-8-17-11-5-6-14-12(13)15-11/h5-6,9-10H,7-8H2,1-4H3,(H2,13,14,15). The fraction of sp³-hybridized carbons (Fsp3) is 0.667. The minimum Gasteiger partial charge on any atom is -0.476 e. The Balaban J connectivity index is 2.41. The topological polar surface area (TPSA) is 64.3 Å². The highest BCUT2D eigenvalue weighted by molar-refractivity contribution is 5.20. The van der Waals surface area contributed by atoms with Gasteiger partial charge in [-0.25, -0.2) is 4.98 Å². The third-order valence-electron chi connectivity index (χ3n) is 2.57. The van der Waals surface area contributed by atoms with Gasteiger partial charge >= 0.3 is 0 Å². The molecule has 0 radical (unpaired) electrons. The van der Waals surface area contributed by atoms with E-state index >= 15 is 0 Å². The first-order chi connectivity index (χ1) is 8.00. The van der Waals surface area contributed by atoms with E-state index in [1.54, 1.807) is 12.3 Å². The van der Waals surface area contributed by atoms with Crippen molar-refractivity contribution in [3.8, 4) is 5.88 Å². The maximum atomic E-state index is 5.54. The van der Waals surface area contributed by atoms with Crippen LogP contribution in [-0.4, -0.2) is 40.1 Å². The summed E-state index contributed by atoms with van der Waals surface area (Å²) in [6.07, 6.45) is 1.60. The van der Waals surface area contributed by atoms with Gasteiger partial charge in [0.1, 0.15) is 6.61 Å². The van der Waals surface area contributed by atoms with Crippen molar-refractivity contribution < 1.29 is 4.74 Å². The molecule has 0 unspecified atom stereocenters. The van der Waals surface area contributed by atoms with E-state index in [1.165, 1.54) is 0 Å². The average Bonchev–Trinajstić information content (AvgIpc) is 2.23. The molecule has 0 atom stereocenters. The number of anilines is 1. The molecule has 96 valence electrons. The van der Waals surface area contributed by atoms with E-state index in [0.29, 0.717) is 24.6 Å². The average molecular weight is 238 g/mol. The molecule has 2 N–H and O–H groups in total. The zero-order chi connectivity index (χ0) is 12.8. The number of hydrogen-bond donors (Lipinski definition) is 1. The van der Waals surface area contributed by atoms with Crippen molar-refractivity contribution in [3.63, 3.8) is 0 Å². The maximum absolute atomic E-state index is 5.54. The Morgan fingerprint density at radius 2 is 1.94 bits per heavy atom. The largest absolute Gasteiger partial charge is 0.476 e. The van der Waals surface area contributed by atoms with Gasteiger partial charge in [0.25, 0.3) is 0 Å². The van der Waals surface area contributed by atoms with Crippen LogP contribution in [0.15, 0.2) is 12.3 Å². The predicted octanol–water partition coefficient (Wildman–Crippen LogP) is 1.56. The lowest BCUT2D eigenvalue weighted by molar-refractivity contribution is 0.140. The van der Waals surface area contributed by atoms with E-state index in [2.05, 4.69) is 42.6 Å². The van der Waals surface area contributed by atoms with Crippen LogP contribution in [0.2, 0.25) is 0 Å². The Morgan fingerprint density at radius 3 is 2.47 bits per heavy atom. The van der Waals surface area contributed by atoms with Gasteiger partial charge in [0, 0.05) is 30.9 Å². The predicted molar refractivity (Wildman–Crippen MR) is 68.9 cm³/mol. The Labute approximate surface area is 103 Å². The van der Waals surface area contributed by atoms with Crippen LogP contribution in [-0.2, 0) is 0 Å². The van der Waals surface area contributed by atoms with E-state index in [0.717, 1.165) is 6.54 Å². The number of nitrogens with zero attached hydrogens (tertiary/aromatic N) is 3. The molecule has 0 aliphatic heterocycles. The first-order valence-corrected chi connectivity index (χ1v) is 5.97. The quantitative estimate of drug-likeness (QED) is 0.814. The lowest BCUT2D eigenvalue weighted by Crippen LogP contribution is -2.39. The van der Waals surface area contributed by atoms with Crippen LogP contribution in [0.25, 0.3) is 0 Å². The van der Waals surface area contributed by atoms with Gasteiger partial charge < -0.3 is 10.5 Å². The highest BCUT2D eigenvalue weighted by Crippen LogP contribution is 2.08. The molecule has 0 fully saturated rings. The van der Waals surface area contributed by atoms with E-state index < -0.39 is 0 Å². The maximum Gasteiger partial charge on any atom is 0.223 e. The van der Waals surface area contributed by atoms with Crippen molar-refractivity contribution in [2.45, 2.75) is 39.8 Å². The van der Waals surface area contributed by atoms with E-state index in [4.69, 9.17) is 10.5 Å². The Kier molecular flexibility index (Phi) is 5.15. The van der Waals surface area contributed by atoms with Crippen LogP contribution >= 0.6 is 0 Å². The molecule has 17 heavy (non-hydrogen) atoms. The molecule has 1 aromatic heterocycles. The van der Waals surface area contributed by atoms with Gasteiger partial charge in [0.05, 0.1) is 0 Å². The molecule has 5 nitrogen and oxygen atoms in total. The molecule has 5 heteroatoms. The minimum atomic E-state index is 0.243. The number of hydrogen-bond acceptors (Lipinski definition) is 5. The summed E-state index contributed by atoms with van der Waals surface area (Å²) in [4.78, 5) is 10.2. The van der Waals surface area contributed by atoms with Crippen molar-refractivity contribution >= 4 is 5.95 Å². The van der Waals surface area contributed by atoms with Crippen LogP contribution in [0.3, 0.4) is 0 Å². The lowest BCUT2D eigenvalue weighted by atomic mass is 10.2. The number of ether oxygens (including phenoxy) is 1. The van der Waals surface area contributed by atoms with E-state index in [-0.39, 0.29) is 5.95 Å². The van der Waals surface area contributed by atoms with Gasteiger partial charge in [-0.15, -0.1) is 0 Å². The first-order valence-electron chi connectivity index (χ1n) is 5.97. The Hall–Kier alpha value is -1.36. The van der Waals surface area contributed by atoms with Gasteiger partial charge in [-0.3, -0.25) is 4.90 Å². The summed E-state index contributed by atoms with van der Waals surface area (Å²) in [6, 6.07) is 2.73. The Morgan fingerprint density at radius 1 is 1.29 bits per heavy atom. The molecule has 0 aromatic carbocycles. The number of rotatable bonds is 6. The van der Waals surface area contributed by atoms with Gasteiger partial charge in [0.15, 0.2) is 0 Å². The zero-order valence-electron chi connectivity index (χ0n) is 11.1. The van der Waals surface area contributed by atoms with Crippen LogP contribution in [0.5, 0.6) is 5.88 Å². The van der Waals surface area contributed by atoms with Crippen molar-refractivity contribution in [2.75, 3.05) is 18.9 Å². The molecule has 0 bridgehead atoms. The van der Waals surface area contributed by atoms with Crippen LogP contribution in [0, 0.1) is 0 Å².